The number of aromatic nitrogens is 2. The maximum absolute atomic E-state index is 13.0. The standard InChI is InChI=1S/C23H31N5O2/c1-17(2)11-24-21(29)19-13-27(12-18-7-5-4-6-8-18)14-23(19)15-28(16-23)22(30)20-9-10-26(3)25-20/h4-10,17,19H,11-16H2,1-3H3,(H,24,29). The minimum Gasteiger partial charge on any atom is -0.356 e. The predicted octanol–water partition coefficient (Wildman–Crippen LogP) is 1.77. The fourth-order valence-corrected chi connectivity index (χ4v) is 4.69. The van der Waals surface area contributed by atoms with E-state index in [1.807, 2.05) is 30.1 Å². The van der Waals surface area contributed by atoms with Crippen molar-refractivity contribution in [3.8, 4) is 0 Å². The number of carbonyl (C=O) groups excluding carboxylic acids is 2. The lowest BCUT2D eigenvalue weighted by atomic mass is 9.71. The Morgan fingerprint density at radius 2 is 1.90 bits per heavy atom. The molecule has 1 aromatic carbocycles. The summed E-state index contributed by atoms with van der Waals surface area (Å²) < 4.78 is 1.64. The number of rotatable bonds is 6. The Kier molecular flexibility index (Phi) is 5.64. The first-order valence-electron chi connectivity index (χ1n) is 10.7. The monoisotopic (exact) mass is 409 g/mol. The zero-order chi connectivity index (χ0) is 21.3. The van der Waals surface area contributed by atoms with Gasteiger partial charge in [-0.3, -0.25) is 19.2 Å². The smallest absolute Gasteiger partial charge is 0.274 e. The van der Waals surface area contributed by atoms with Crippen molar-refractivity contribution in [2.45, 2.75) is 20.4 Å². The van der Waals surface area contributed by atoms with Crippen LogP contribution >= 0.6 is 0 Å². The van der Waals surface area contributed by atoms with Crippen LogP contribution in [0.1, 0.15) is 29.9 Å². The quantitative estimate of drug-likeness (QED) is 0.789. The average molecular weight is 410 g/mol. The van der Waals surface area contributed by atoms with Crippen LogP contribution in [-0.4, -0.2) is 64.1 Å². The van der Waals surface area contributed by atoms with Crippen LogP contribution in [0, 0.1) is 17.3 Å². The third-order valence-corrected chi connectivity index (χ3v) is 6.20. The number of likely N-dealkylation sites (tertiary alicyclic amines) is 2. The summed E-state index contributed by atoms with van der Waals surface area (Å²) in [5.41, 5.74) is 1.53. The molecular weight excluding hydrogens is 378 g/mol. The zero-order valence-electron chi connectivity index (χ0n) is 18.0. The summed E-state index contributed by atoms with van der Waals surface area (Å²) in [5.74, 6) is 0.372. The van der Waals surface area contributed by atoms with Gasteiger partial charge in [0.25, 0.3) is 5.91 Å². The molecule has 2 aliphatic rings. The van der Waals surface area contributed by atoms with Crippen LogP contribution in [0.15, 0.2) is 42.6 Å². The molecule has 4 rings (SSSR count). The number of hydrogen-bond donors (Lipinski definition) is 1. The van der Waals surface area contributed by atoms with E-state index in [1.54, 1.807) is 16.9 Å². The maximum Gasteiger partial charge on any atom is 0.274 e. The lowest BCUT2D eigenvalue weighted by Gasteiger charge is -2.50. The van der Waals surface area contributed by atoms with Crippen LogP contribution in [0.5, 0.6) is 0 Å². The molecule has 2 aromatic rings. The molecule has 30 heavy (non-hydrogen) atoms. The van der Waals surface area contributed by atoms with E-state index in [2.05, 4.69) is 41.3 Å². The first-order valence-corrected chi connectivity index (χ1v) is 10.7. The van der Waals surface area contributed by atoms with E-state index >= 15 is 0 Å². The van der Waals surface area contributed by atoms with Gasteiger partial charge in [0.2, 0.25) is 5.91 Å². The predicted molar refractivity (Wildman–Crippen MR) is 115 cm³/mol. The molecule has 2 amide bonds. The van der Waals surface area contributed by atoms with Crippen molar-refractivity contribution in [3.63, 3.8) is 0 Å². The van der Waals surface area contributed by atoms with Crippen LogP contribution in [0.3, 0.4) is 0 Å². The van der Waals surface area contributed by atoms with Crippen molar-refractivity contribution in [1.29, 1.82) is 0 Å². The van der Waals surface area contributed by atoms with Crippen LogP contribution in [0.2, 0.25) is 0 Å². The minimum atomic E-state index is -0.180. The van der Waals surface area contributed by atoms with E-state index in [0.29, 0.717) is 31.2 Å². The highest BCUT2D eigenvalue weighted by molar-refractivity contribution is 5.93. The molecule has 0 saturated carbocycles. The van der Waals surface area contributed by atoms with E-state index in [-0.39, 0.29) is 23.1 Å². The number of carbonyl (C=O) groups is 2. The lowest BCUT2D eigenvalue weighted by Crippen LogP contribution is -2.64. The summed E-state index contributed by atoms with van der Waals surface area (Å²) in [6.07, 6.45) is 1.78. The topological polar surface area (TPSA) is 70.5 Å². The largest absolute Gasteiger partial charge is 0.356 e. The molecule has 1 spiro atoms. The highest BCUT2D eigenvalue weighted by Gasteiger charge is 2.57. The number of nitrogens with zero attached hydrogens (tertiary/aromatic N) is 4. The van der Waals surface area contributed by atoms with Gasteiger partial charge >= 0.3 is 0 Å². The van der Waals surface area contributed by atoms with E-state index in [0.717, 1.165) is 19.6 Å². The van der Waals surface area contributed by atoms with Crippen molar-refractivity contribution < 1.29 is 9.59 Å². The SMILES string of the molecule is CC(C)CNC(=O)C1CN(Cc2ccccc2)CC12CN(C(=O)c1ccn(C)n1)C2. The van der Waals surface area contributed by atoms with Crippen LogP contribution in [-0.2, 0) is 18.4 Å². The van der Waals surface area contributed by atoms with Gasteiger partial charge in [0.15, 0.2) is 0 Å². The summed E-state index contributed by atoms with van der Waals surface area (Å²) in [4.78, 5) is 30.0. The average Bonchev–Trinajstić information content (AvgIpc) is 3.29. The Bertz CT molecular complexity index is 901. The third kappa shape index (κ3) is 4.12. The molecule has 0 aliphatic carbocycles. The zero-order valence-corrected chi connectivity index (χ0v) is 18.0. The van der Waals surface area contributed by atoms with Gasteiger partial charge in [0.05, 0.1) is 5.92 Å². The molecule has 7 heteroatoms. The third-order valence-electron chi connectivity index (χ3n) is 6.20. The summed E-state index contributed by atoms with van der Waals surface area (Å²) in [7, 11) is 1.81. The Morgan fingerprint density at radius 1 is 1.17 bits per heavy atom. The van der Waals surface area contributed by atoms with Crippen molar-refractivity contribution in [2.24, 2.45) is 24.3 Å². The van der Waals surface area contributed by atoms with Crippen molar-refractivity contribution >= 4 is 11.8 Å². The summed E-state index contributed by atoms with van der Waals surface area (Å²) in [6.45, 7) is 8.47. The molecule has 1 aromatic heterocycles. The Hall–Kier alpha value is -2.67. The van der Waals surface area contributed by atoms with Crippen molar-refractivity contribution in [2.75, 3.05) is 32.7 Å². The fourth-order valence-electron chi connectivity index (χ4n) is 4.69. The number of amides is 2. The molecule has 1 N–H and O–H groups in total. The highest BCUT2D eigenvalue weighted by atomic mass is 16.2. The number of hydrogen-bond acceptors (Lipinski definition) is 4. The second-order valence-electron chi connectivity index (χ2n) is 9.25. The van der Waals surface area contributed by atoms with Gasteiger partial charge in [-0.2, -0.15) is 5.10 Å². The molecule has 3 heterocycles. The van der Waals surface area contributed by atoms with E-state index in [9.17, 15) is 9.59 Å². The molecule has 0 radical (unpaired) electrons. The molecule has 1 unspecified atom stereocenters. The summed E-state index contributed by atoms with van der Waals surface area (Å²) in [5, 5.41) is 7.36. The maximum atomic E-state index is 13.0. The van der Waals surface area contributed by atoms with Gasteiger partial charge in [-0.15, -0.1) is 0 Å². The molecule has 160 valence electrons. The molecule has 0 bridgehead atoms. The summed E-state index contributed by atoms with van der Waals surface area (Å²) >= 11 is 0. The summed E-state index contributed by atoms with van der Waals surface area (Å²) in [6, 6.07) is 12.1. The van der Waals surface area contributed by atoms with Gasteiger partial charge in [-0.25, -0.2) is 0 Å². The van der Waals surface area contributed by atoms with Gasteiger partial charge < -0.3 is 10.2 Å². The van der Waals surface area contributed by atoms with Gasteiger partial charge in [-0.1, -0.05) is 44.2 Å². The first kappa shape index (κ1) is 20.6. The van der Waals surface area contributed by atoms with Crippen LogP contribution in [0.25, 0.3) is 0 Å². The fraction of sp³-hybridized carbons (Fsp3) is 0.522. The van der Waals surface area contributed by atoms with Gasteiger partial charge in [0, 0.05) is 57.9 Å². The number of aryl methyl sites for hydroxylation is 1. The second-order valence-corrected chi connectivity index (χ2v) is 9.25. The van der Waals surface area contributed by atoms with Crippen molar-refractivity contribution in [1.82, 2.24) is 24.9 Å². The first-order chi connectivity index (χ1) is 14.4. The Morgan fingerprint density at radius 3 is 2.53 bits per heavy atom. The molecule has 2 fully saturated rings. The highest BCUT2D eigenvalue weighted by Crippen LogP contribution is 2.45. The lowest BCUT2D eigenvalue weighted by molar-refractivity contribution is -0.131. The van der Waals surface area contributed by atoms with E-state index in [4.69, 9.17) is 0 Å². The van der Waals surface area contributed by atoms with Gasteiger partial charge in [0.1, 0.15) is 5.69 Å². The molecule has 7 nitrogen and oxygen atoms in total. The molecule has 2 aliphatic heterocycles. The molecule has 2 saturated heterocycles. The second kappa shape index (κ2) is 8.22. The molecular formula is C23H31N5O2. The number of benzene rings is 1. The Balaban J connectivity index is 1.47. The molecule has 1 atom stereocenters. The normalized spacial score (nSPS) is 20.5. The van der Waals surface area contributed by atoms with Crippen LogP contribution < -0.4 is 5.32 Å². The van der Waals surface area contributed by atoms with Crippen LogP contribution in [0.4, 0.5) is 0 Å². The van der Waals surface area contributed by atoms with E-state index < -0.39 is 0 Å². The minimum absolute atomic E-state index is 0.0518. The number of nitrogens with one attached hydrogen (secondary N) is 1. The van der Waals surface area contributed by atoms with Gasteiger partial charge in [-0.05, 0) is 17.5 Å². The Labute approximate surface area is 178 Å². The van der Waals surface area contributed by atoms with E-state index in [1.165, 1.54) is 5.56 Å². The van der Waals surface area contributed by atoms with Crippen molar-refractivity contribution in [3.05, 3.63) is 53.9 Å².